The maximum atomic E-state index is 12.9. The van der Waals surface area contributed by atoms with Gasteiger partial charge >= 0.3 is 25.5 Å². The summed E-state index contributed by atoms with van der Waals surface area (Å²) < 4.78 is 45.6. The summed E-state index contributed by atoms with van der Waals surface area (Å²) in [5.74, 6) is -1.69. The maximum Gasteiger partial charge on any atom is 0.342 e. The number of ether oxygens (including phenoxy) is 4. The van der Waals surface area contributed by atoms with Crippen molar-refractivity contribution in [2.75, 3.05) is 33.6 Å². The lowest BCUT2D eigenvalue weighted by Crippen LogP contribution is -2.23. The molecule has 1 aliphatic rings. The topological polar surface area (TPSA) is 144 Å². The molecule has 0 aliphatic carbocycles. The van der Waals surface area contributed by atoms with E-state index >= 15 is 0 Å². The van der Waals surface area contributed by atoms with Crippen LogP contribution in [0.15, 0.2) is 23.8 Å². The second kappa shape index (κ2) is 17.1. The van der Waals surface area contributed by atoms with Crippen molar-refractivity contribution in [1.29, 1.82) is 0 Å². The Morgan fingerprint density at radius 3 is 2.42 bits per heavy atom. The predicted molar refractivity (Wildman–Crippen MR) is 174 cm³/mol. The molecule has 1 heterocycles. The van der Waals surface area contributed by atoms with Crippen molar-refractivity contribution >= 4 is 33.6 Å². The molecule has 3 atom stereocenters. The molecule has 1 aliphatic heterocycles. The maximum absolute atomic E-state index is 12.9. The Morgan fingerprint density at radius 2 is 1.84 bits per heavy atom. The van der Waals surface area contributed by atoms with E-state index in [-0.39, 0.29) is 32.2 Å². The molecule has 13 heteroatoms. The van der Waals surface area contributed by atoms with E-state index in [1.165, 1.54) is 14.0 Å². The number of methoxy groups -OCH3 is 1. The molecule has 1 aromatic carbocycles. The van der Waals surface area contributed by atoms with Crippen molar-refractivity contribution in [3.05, 3.63) is 46.1 Å². The summed E-state index contributed by atoms with van der Waals surface area (Å²) in [5, 5.41) is 9.90. The molecule has 0 aromatic heterocycles. The van der Waals surface area contributed by atoms with Gasteiger partial charge in [0.15, 0.2) is 6.10 Å². The lowest BCUT2D eigenvalue weighted by atomic mass is 9.93. The van der Waals surface area contributed by atoms with E-state index in [4.69, 9.17) is 28.0 Å². The SMILES string of the molecule is CCOC(=O)C(C)OP(=O)(CC=CCC(CC(C)=CCc1c(OC)c(C)c2c(c1OCC[Si](C)(C)C)C(=O)OC2)C(=O)O)OC. The minimum absolute atomic E-state index is 0.130. The molecule has 3 unspecified atom stereocenters. The zero-order valence-electron chi connectivity index (χ0n) is 28.0. The molecule has 0 fully saturated rings. The first-order valence-electron chi connectivity index (χ1n) is 15.1. The number of carboxylic acids is 1. The van der Waals surface area contributed by atoms with Gasteiger partial charge in [-0.15, -0.1) is 0 Å². The van der Waals surface area contributed by atoms with Crippen LogP contribution in [-0.2, 0) is 45.7 Å². The Labute approximate surface area is 267 Å². The van der Waals surface area contributed by atoms with Crippen LogP contribution < -0.4 is 9.47 Å². The third-order valence-electron chi connectivity index (χ3n) is 7.43. The second-order valence-electron chi connectivity index (χ2n) is 12.2. The zero-order chi connectivity index (χ0) is 33.9. The smallest absolute Gasteiger partial charge is 0.342 e. The molecule has 0 radical (unpaired) electrons. The molecule has 0 amide bonds. The summed E-state index contributed by atoms with van der Waals surface area (Å²) in [6, 6.07) is 0.908. The number of fused-ring (bicyclic) bond motifs is 1. The molecule has 45 heavy (non-hydrogen) atoms. The van der Waals surface area contributed by atoms with Gasteiger partial charge in [-0.3, -0.25) is 13.9 Å². The van der Waals surface area contributed by atoms with Crippen molar-refractivity contribution in [2.45, 2.75) is 85.4 Å². The first-order valence-corrected chi connectivity index (χ1v) is 20.6. The normalized spacial score (nSPS) is 16.1. The Hall–Kier alpha value is -2.92. The number of carbonyl (C=O) groups excluding carboxylic acids is 2. The van der Waals surface area contributed by atoms with Gasteiger partial charge in [0.2, 0.25) is 0 Å². The number of aliphatic carboxylic acids is 1. The number of benzene rings is 1. The van der Waals surface area contributed by atoms with E-state index in [0.29, 0.717) is 30.1 Å². The third-order valence-corrected chi connectivity index (χ3v) is 11.0. The number of carbonyl (C=O) groups is 3. The van der Waals surface area contributed by atoms with Crippen molar-refractivity contribution in [2.24, 2.45) is 5.92 Å². The number of allylic oxidation sites excluding steroid dienone is 4. The van der Waals surface area contributed by atoms with E-state index < -0.39 is 45.6 Å². The van der Waals surface area contributed by atoms with Crippen molar-refractivity contribution < 1.29 is 52.1 Å². The van der Waals surface area contributed by atoms with Crippen LogP contribution >= 0.6 is 7.60 Å². The molecule has 2 rings (SSSR count). The van der Waals surface area contributed by atoms with Gasteiger partial charge in [0.1, 0.15) is 23.7 Å². The first-order chi connectivity index (χ1) is 21.1. The van der Waals surface area contributed by atoms with Crippen molar-refractivity contribution in [3.8, 4) is 11.5 Å². The third kappa shape index (κ3) is 11.1. The molecule has 0 spiro atoms. The monoisotopic (exact) mass is 668 g/mol. The van der Waals surface area contributed by atoms with Gasteiger partial charge in [0.05, 0.1) is 32.4 Å². The molecule has 0 bridgehead atoms. The lowest BCUT2D eigenvalue weighted by molar-refractivity contribution is -0.150. The number of cyclic esters (lactones) is 1. The van der Waals surface area contributed by atoms with Gasteiger partial charge < -0.3 is 28.6 Å². The van der Waals surface area contributed by atoms with Crippen LogP contribution in [0.2, 0.25) is 25.7 Å². The number of esters is 2. The fraction of sp³-hybridized carbons (Fsp3) is 0.594. The van der Waals surface area contributed by atoms with Gasteiger partial charge in [0, 0.05) is 26.3 Å². The zero-order valence-corrected chi connectivity index (χ0v) is 29.9. The van der Waals surface area contributed by atoms with Gasteiger partial charge in [-0.25, -0.2) is 9.59 Å². The average Bonchev–Trinajstić information content (AvgIpc) is 3.35. The van der Waals surface area contributed by atoms with Gasteiger partial charge in [-0.2, -0.15) is 0 Å². The summed E-state index contributed by atoms with van der Waals surface area (Å²) in [6.45, 7) is 14.4. The summed E-state index contributed by atoms with van der Waals surface area (Å²) in [6.07, 6.45) is 4.70. The van der Waals surface area contributed by atoms with Gasteiger partial charge in [-0.1, -0.05) is 43.4 Å². The minimum atomic E-state index is -3.64. The molecule has 11 nitrogen and oxygen atoms in total. The van der Waals surface area contributed by atoms with Gasteiger partial charge in [0.25, 0.3) is 0 Å². The van der Waals surface area contributed by atoms with Crippen LogP contribution in [0, 0.1) is 12.8 Å². The highest BCUT2D eigenvalue weighted by molar-refractivity contribution is 7.54. The van der Waals surface area contributed by atoms with E-state index in [1.54, 1.807) is 26.2 Å². The highest BCUT2D eigenvalue weighted by atomic mass is 31.2. The number of hydrogen-bond acceptors (Lipinski definition) is 10. The number of rotatable bonds is 19. The standard InChI is InChI=1S/C32H49O11PSi/c1-10-40-31(35)23(4)43-44(37,39-6)17-12-11-13-24(30(33)34)19-21(2)14-15-25-28(38-5)22(3)26-20-42-32(36)27(26)29(25)41-16-18-45(7,8)9/h11-12,14,23-24H,10,13,15-20H2,1-9H3,(H,33,34). The largest absolute Gasteiger partial charge is 0.496 e. The van der Waals surface area contributed by atoms with Crippen molar-refractivity contribution in [3.63, 3.8) is 0 Å². The lowest BCUT2D eigenvalue weighted by Gasteiger charge is -2.21. The molecule has 1 aromatic rings. The highest BCUT2D eigenvalue weighted by Gasteiger charge is 2.33. The summed E-state index contributed by atoms with van der Waals surface area (Å²) >= 11 is 0. The first kappa shape index (κ1) is 38.3. The molecule has 0 saturated carbocycles. The van der Waals surface area contributed by atoms with E-state index in [1.807, 2.05) is 19.9 Å². The molecule has 1 N–H and O–H groups in total. The van der Waals surface area contributed by atoms with E-state index in [2.05, 4.69) is 19.6 Å². The molecular formula is C32H49O11PSi. The van der Waals surface area contributed by atoms with E-state index in [9.17, 15) is 24.1 Å². The minimum Gasteiger partial charge on any atom is -0.496 e. The van der Waals surface area contributed by atoms with E-state index in [0.717, 1.165) is 28.3 Å². The quantitative estimate of drug-likeness (QED) is 0.0726. The van der Waals surface area contributed by atoms with Crippen LogP contribution in [0.3, 0.4) is 0 Å². The van der Waals surface area contributed by atoms with Gasteiger partial charge in [-0.05, 0) is 58.6 Å². The summed E-state index contributed by atoms with van der Waals surface area (Å²) in [4.78, 5) is 36.7. The summed E-state index contributed by atoms with van der Waals surface area (Å²) in [7, 11) is -2.24. The van der Waals surface area contributed by atoms with Crippen LogP contribution in [0.4, 0.5) is 0 Å². The Bertz CT molecular complexity index is 1330. The Balaban J connectivity index is 2.21. The number of hydrogen-bond donors (Lipinski definition) is 1. The summed E-state index contributed by atoms with van der Waals surface area (Å²) in [5.41, 5.74) is 3.58. The van der Waals surface area contributed by atoms with Crippen molar-refractivity contribution in [1.82, 2.24) is 0 Å². The predicted octanol–water partition coefficient (Wildman–Crippen LogP) is 6.72. The van der Waals surface area contributed by atoms with Crippen LogP contribution in [0.25, 0.3) is 0 Å². The fourth-order valence-electron chi connectivity index (χ4n) is 4.82. The molecule has 0 saturated heterocycles. The Kier molecular flexibility index (Phi) is 14.6. The number of carboxylic acid groups (broad SMARTS) is 1. The fourth-order valence-corrected chi connectivity index (χ4v) is 6.83. The molecular weight excluding hydrogens is 619 g/mol. The average molecular weight is 669 g/mol. The van der Waals surface area contributed by atoms with Crippen LogP contribution in [0.1, 0.15) is 60.7 Å². The Morgan fingerprint density at radius 1 is 1.16 bits per heavy atom. The second-order valence-corrected chi connectivity index (χ2v) is 20.0. The highest BCUT2D eigenvalue weighted by Crippen LogP contribution is 2.48. The van der Waals surface area contributed by atoms with Crippen LogP contribution in [-0.4, -0.2) is 70.8 Å². The molecule has 252 valence electrons. The van der Waals surface area contributed by atoms with Crippen LogP contribution in [0.5, 0.6) is 11.5 Å².